The summed E-state index contributed by atoms with van der Waals surface area (Å²) in [6.07, 6.45) is 7.11. The van der Waals surface area contributed by atoms with Crippen molar-refractivity contribution in [3.63, 3.8) is 0 Å². The first-order valence-electron chi connectivity index (χ1n) is 8.25. The van der Waals surface area contributed by atoms with E-state index in [0.717, 1.165) is 36.5 Å². The minimum Gasteiger partial charge on any atom is -0.378 e. The summed E-state index contributed by atoms with van der Waals surface area (Å²) < 4.78 is 8.96. The molecule has 1 aliphatic rings. The molecule has 0 aromatic carbocycles. The van der Waals surface area contributed by atoms with Crippen molar-refractivity contribution >= 4 is 15.9 Å². The lowest BCUT2D eigenvalue weighted by Gasteiger charge is -2.37. The van der Waals surface area contributed by atoms with Crippen molar-refractivity contribution in [2.24, 2.45) is 5.92 Å². The molecule has 1 aromatic rings. The fourth-order valence-electron chi connectivity index (χ4n) is 3.22. The Hall–Kier alpha value is -0.390. The fourth-order valence-corrected chi connectivity index (χ4v) is 3.79. The van der Waals surface area contributed by atoms with Crippen LogP contribution in [0.5, 0.6) is 0 Å². The van der Waals surface area contributed by atoms with E-state index < -0.39 is 0 Å². The second-order valence-corrected chi connectivity index (χ2v) is 6.72. The Morgan fingerprint density at radius 1 is 1.43 bits per heavy atom. The molecule has 0 bridgehead atoms. The number of halogens is 1. The van der Waals surface area contributed by atoms with E-state index in [2.05, 4.69) is 51.8 Å². The van der Waals surface area contributed by atoms with Gasteiger partial charge in [0.1, 0.15) is 0 Å². The number of ether oxygens (including phenoxy) is 1. The zero-order chi connectivity index (χ0) is 15.2. The number of hydrogen-bond donors (Lipinski definition) is 1. The van der Waals surface area contributed by atoms with Crippen molar-refractivity contribution < 1.29 is 4.74 Å². The summed E-state index contributed by atoms with van der Waals surface area (Å²) in [5.74, 6) is 0.766. The molecule has 0 saturated heterocycles. The second-order valence-electron chi connectivity index (χ2n) is 5.86. The van der Waals surface area contributed by atoms with Gasteiger partial charge in [-0.05, 0) is 61.0 Å². The third kappa shape index (κ3) is 4.30. The lowest BCUT2D eigenvalue weighted by molar-refractivity contribution is -0.0293. The summed E-state index contributed by atoms with van der Waals surface area (Å²) in [5.41, 5.74) is 1.30. The first kappa shape index (κ1) is 17.0. The molecule has 21 heavy (non-hydrogen) atoms. The largest absolute Gasteiger partial charge is 0.378 e. The number of nitrogens with one attached hydrogen (secondary N) is 1. The monoisotopic (exact) mass is 357 g/mol. The Morgan fingerprint density at radius 2 is 2.19 bits per heavy atom. The third-order valence-electron chi connectivity index (χ3n) is 4.21. The van der Waals surface area contributed by atoms with E-state index in [0.29, 0.717) is 12.1 Å². The van der Waals surface area contributed by atoms with E-state index in [1.165, 1.54) is 25.0 Å². The highest BCUT2D eigenvalue weighted by atomic mass is 79.9. The van der Waals surface area contributed by atoms with Gasteiger partial charge < -0.3 is 10.1 Å². The van der Waals surface area contributed by atoms with Crippen LogP contribution in [0.25, 0.3) is 0 Å². The van der Waals surface area contributed by atoms with Crippen molar-refractivity contribution in [1.82, 2.24) is 15.1 Å². The van der Waals surface area contributed by atoms with Crippen molar-refractivity contribution in [2.45, 2.75) is 65.1 Å². The highest BCUT2D eigenvalue weighted by Gasteiger charge is 2.33. The van der Waals surface area contributed by atoms with Crippen molar-refractivity contribution in [1.29, 1.82) is 0 Å². The van der Waals surface area contributed by atoms with Crippen molar-refractivity contribution in [3.05, 3.63) is 16.4 Å². The number of nitrogens with zero attached hydrogens (tertiary/aromatic N) is 2. The fraction of sp³-hybridized carbons (Fsp3) is 0.812. The van der Waals surface area contributed by atoms with Gasteiger partial charge in [0, 0.05) is 13.2 Å². The van der Waals surface area contributed by atoms with Crippen molar-refractivity contribution in [3.8, 4) is 0 Å². The van der Waals surface area contributed by atoms with Crippen LogP contribution in [-0.4, -0.2) is 29.0 Å². The molecule has 0 amide bonds. The molecule has 1 fully saturated rings. The molecule has 1 saturated carbocycles. The Morgan fingerprint density at radius 3 is 2.81 bits per heavy atom. The van der Waals surface area contributed by atoms with Gasteiger partial charge >= 0.3 is 0 Å². The van der Waals surface area contributed by atoms with Crippen LogP contribution in [0.4, 0.5) is 0 Å². The predicted molar refractivity (Wildman–Crippen MR) is 89.4 cm³/mol. The Labute approximate surface area is 136 Å². The Balaban J connectivity index is 2.00. The van der Waals surface area contributed by atoms with E-state index in [-0.39, 0.29) is 0 Å². The Kier molecular flexibility index (Phi) is 6.71. The third-order valence-corrected chi connectivity index (χ3v) is 4.82. The summed E-state index contributed by atoms with van der Waals surface area (Å²) in [5, 5.41) is 8.15. The maximum absolute atomic E-state index is 5.68. The van der Waals surface area contributed by atoms with Gasteiger partial charge in [-0.1, -0.05) is 13.8 Å². The molecular weight excluding hydrogens is 330 g/mol. The number of aromatic nitrogens is 2. The van der Waals surface area contributed by atoms with E-state index in [4.69, 9.17) is 4.74 Å². The molecule has 1 heterocycles. The van der Waals surface area contributed by atoms with Gasteiger partial charge in [0.25, 0.3) is 0 Å². The van der Waals surface area contributed by atoms with Gasteiger partial charge in [-0.3, -0.25) is 4.68 Å². The smallest absolute Gasteiger partial charge is 0.0695 e. The molecule has 0 radical (unpaired) electrons. The Bertz CT molecular complexity index is 429. The number of aryl methyl sites for hydroxylation is 1. The molecular formula is C16H28BrN3O. The topological polar surface area (TPSA) is 39.1 Å². The summed E-state index contributed by atoms with van der Waals surface area (Å²) in [4.78, 5) is 0. The van der Waals surface area contributed by atoms with Crippen LogP contribution < -0.4 is 5.32 Å². The van der Waals surface area contributed by atoms with Crippen LogP contribution in [-0.2, 0) is 11.3 Å². The highest BCUT2D eigenvalue weighted by molar-refractivity contribution is 9.10. The molecule has 0 aliphatic heterocycles. The first-order valence-corrected chi connectivity index (χ1v) is 9.04. The minimum absolute atomic E-state index is 0.381. The highest BCUT2D eigenvalue weighted by Crippen LogP contribution is 2.38. The lowest BCUT2D eigenvalue weighted by atomic mass is 9.77. The maximum atomic E-state index is 5.68. The van der Waals surface area contributed by atoms with Crippen LogP contribution in [0.1, 0.15) is 58.2 Å². The van der Waals surface area contributed by atoms with Gasteiger partial charge in [-0.15, -0.1) is 0 Å². The standard InChI is InChI=1S/C16H28BrN3O/c1-4-7-20-16(14(17)11-19-20)15(18-5-2)10-12-8-13(9-12)21-6-3/h11-13,15,18H,4-10H2,1-3H3. The zero-order valence-electron chi connectivity index (χ0n) is 13.4. The second kappa shape index (κ2) is 8.30. The van der Waals surface area contributed by atoms with Gasteiger partial charge in [0.15, 0.2) is 0 Å². The average molecular weight is 358 g/mol. The van der Waals surface area contributed by atoms with E-state index in [1.807, 2.05) is 6.20 Å². The average Bonchev–Trinajstić information content (AvgIpc) is 2.77. The molecule has 5 heteroatoms. The predicted octanol–water partition coefficient (Wildman–Crippen LogP) is 3.91. The van der Waals surface area contributed by atoms with Crippen LogP contribution >= 0.6 is 15.9 Å². The van der Waals surface area contributed by atoms with Crippen LogP contribution in [0.3, 0.4) is 0 Å². The first-order chi connectivity index (χ1) is 10.2. The zero-order valence-corrected chi connectivity index (χ0v) is 15.0. The number of rotatable bonds is 9. The lowest BCUT2D eigenvalue weighted by Crippen LogP contribution is -2.35. The molecule has 1 unspecified atom stereocenters. The normalized spacial score (nSPS) is 23.0. The molecule has 1 atom stereocenters. The van der Waals surface area contributed by atoms with E-state index >= 15 is 0 Å². The molecule has 1 aliphatic carbocycles. The molecule has 1 N–H and O–H groups in total. The maximum Gasteiger partial charge on any atom is 0.0695 e. The van der Waals surface area contributed by atoms with E-state index in [9.17, 15) is 0 Å². The van der Waals surface area contributed by atoms with Gasteiger partial charge in [0.05, 0.1) is 28.5 Å². The van der Waals surface area contributed by atoms with Gasteiger partial charge in [0.2, 0.25) is 0 Å². The van der Waals surface area contributed by atoms with E-state index in [1.54, 1.807) is 0 Å². The summed E-state index contributed by atoms with van der Waals surface area (Å²) in [6, 6.07) is 0.381. The van der Waals surface area contributed by atoms with Crippen molar-refractivity contribution in [2.75, 3.05) is 13.2 Å². The van der Waals surface area contributed by atoms with Gasteiger partial charge in [-0.2, -0.15) is 5.10 Å². The van der Waals surface area contributed by atoms with Crippen LogP contribution in [0.15, 0.2) is 10.7 Å². The quantitative estimate of drug-likeness (QED) is 0.727. The molecule has 2 rings (SSSR count). The summed E-state index contributed by atoms with van der Waals surface area (Å²) in [6.45, 7) is 9.24. The molecule has 1 aromatic heterocycles. The molecule has 0 spiro atoms. The summed E-state index contributed by atoms with van der Waals surface area (Å²) >= 11 is 3.68. The SMILES string of the molecule is CCCn1ncc(Br)c1C(CC1CC(OCC)C1)NCC. The molecule has 120 valence electrons. The molecule has 4 nitrogen and oxygen atoms in total. The number of hydrogen-bond acceptors (Lipinski definition) is 3. The minimum atomic E-state index is 0.381. The van der Waals surface area contributed by atoms with Gasteiger partial charge in [-0.25, -0.2) is 0 Å². The van der Waals surface area contributed by atoms with Crippen LogP contribution in [0.2, 0.25) is 0 Å². The summed E-state index contributed by atoms with van der Waals surface area (Å²) in [7, 11) is 0. The van der Waals surface area contributed by atoms with Crippen LogP contribution in [0, 0.1) is 5.92 Å².